The third kappa shape index (κ3) is 1.57. The van der Waals surface area contributed by atoms with Crippen LogP contribution in [-0.2, 0) is 6.54 Å². The van der Waals surface area contributed by atoms with Gasteiger partial charge >= 0.3 is 5.76 Å². The normalized spacial score (nSPS) is 10.9. The molecule has 1 aromatic heterocycles. The second-order valence-corrected chi connectivity index (χ2v) is 3.51. The zero-order chi connectivity index (χ0) is 9.97. The molecule has 0 unspecified atom stereocenters. The quantitative estimate of drug-likeness (QED) is 0.784. The third-order valence-corrected chi connectivity index (χ3v) is 2.43. The number of aryl methyl sites for hydroxylation is 1. The van der Waals surface area contributed by atoms with Gasteiger partial charge in [0.25, 0.3) is 0 Å². The first kappa shape index (κ1) is 9.40. The SMILES string of the molecule is O=c1oc2ccccc2n1CCCS. The van der Waals surface area contributed by atoms with Crippen molar-refractivity contribution >= 4 is 23.7 Å². The minimum Gasteiger partial charge on any atom is -0.408 e. The number of nitrogens with zero attached hydrogens (tertiary/aromatic N) is 1. The second kappa shape index (κ2) is 3.92. The fourth-order valence-corrected chi connectivity index (χ4v) is 1.60. The summed E-state index contributed by atoms with van der Waals surface area (Å²) < 4.78 is 6.72. The maximum atomic E-state index is 11.4. The van der Waals surface area contributed by atoms with Gasteiger partial charge in [-0.15, -0.1) is 0 Å². The Morgan fingerprint density at radius 2 is 2.14 bits per heavy atom. The van der Waals surface area contributed by atoms with E-state index >= 15 is 0 Å². The Morgan fingerprint density at radius 1 is 1.36 bits per heavy atom. The summed E-state index contributed by atoms with van der Waals surface area (Å²) >= 11 is 4.11. The summed E-state index contributed by atoms with van der Waals surface area (Å²) in [5.41, 5.74) is 1.51. The highest BCUT2D eigenvalue weighted by Crippen LogP contribution is 2.11. The summed E-state index contributed by atoms with van der Waals surface area (Å²) in [6, 6.07) is 7.44. The van der Waals surface area contributed by atoms with E-state index in [0.717, 1.165) is 17.7 Å². The van der Waals surface area contributed by atoms with Crippen LogP contribution in [0.3, 0.4) is 0 Å². The first-order valence-electron chi connectivity index (χ1n) is 4.52. The largest absolute Gasteiger partial charge is 0.419 e. The highest BCUT2D eigenvalue weighted by molar-refractivity contribution is 7.80. The van der Waals surface area contributed by atoms with Gasteiger partial charge < -0.3 is 4.42 Å². The molecule has 1 aromatic carbocycles. The molecule has 74 valence electrons. The average Bonchev–Trinajstić information content (AvgIpc) is 2.51. The van der Waals surface area contributed by atoms with Gasteiger partial charge in [-0.1, -0.05) is 12.1 Å². The summed E-state index contributed by atoms with van der Waals surface area (Å²) in [5, 5.41) is 0. The Hall–Kier alpha value is -1.16. The van der Waals surface area contributed by atoms with Crippen LogP contribution < -0.4 is 5.76 Å². The lowest BCUT2D eigenvalue weighted by atomic mass is 10.3. The molecule has 3 nitrogen and oxygen atoms in total. The minimum absolute atomic E-state index is 0.284. The van der Waals surface area contributed by atoms with Crippen molar-refractivity contribution < 1.29 is 4.42 Å². The van der Waals surface area contributed by atoms with Crippen LogP contribution in [0.4, 0.5) is 0 Å². The van der Waals surface area contributed by atoms with Gasteiger partial charge in [0.05, 0.1) is 5.52 Å². The molecule has 2 aromatic rings. The zero-order valence-corrected chi connectivity index (χ0v) is 8.54. The van der Waals surface area contributed by atoms with Crippen molar-refractivity contribution in [1.29, 1.82) is 0 Å². The molecule has 0 saturated carbocycles. The maximum absolute atomic E-state index is 11.4. The van der Waals surface area contributed by atoms with Crippen LogP contribution in [0.1, 0.15) is 6.42 Å². The topological polar surface area (TPSA) is 35.1 Å². The number of benzene rings is 1. The number of para-hydroxylation sites is 2. The molecular formula is C10H11NO2S. The van der Waals surface area contributed by atoms with Crippen LogP contribution in [0.2, 0.25) is 0 Å². The van der Waals surface area contributed by atoms with Gasteiger partial charge in [0, 0.05) is 6.54 Å². The predicted octanol–water partition coefficient (Wildman–Crippen LogP) is 1.91. The molecule has 1 heterocycles. The molecule has 0 saturated heterocycles. The van der Waals surface area contributed by atoms with E-state index in [1.54, 1.807) is 10.6 Å². The number of hydrogen-bond donors (Lipinski definition) is 1. The van der Waals surface area contributed by atoms with Gasteiger partial charge in [-0.3, -0.25) is 4.57 Å². The van der Waals surface area contributed by atoms with E-state index in [4.69, 9.17) is 4.42 Å². The van der Waals surface area contributed by atoms with Crippen molar-refractivity contribution in [2.24, 2.45) is 0 Å². The van der Waals surface area contributed by atoms with Gasteiger partial charge in [0.1, 0.15) is 0 Å². The smallest absolute Gasteiger partial charge is 0.408 e. The monoisotopic (exact) mass is 209 g/mol. The number of fused-ring (bicyclic) bond motifs is 1. The first-order valence-corrected chi connectivity index (χ1v) is 5.15. The summed E-state index contributed by atoms with van der Waals surface area (Å²) in [7, 11) is 0. The molecule has 0 aliphatic heterocycles. The summed E-state index contributed by atoms with van der Waals surface area (Å²) in [4.78, 5) is 11.4. The standard InChI is InChI=1S/C10H11NO2S/c12-10-11(6-3-7-14)8-4-1-2-5-9(8)13-10/h1-2,4-5,14H,3,6-7H2. The number of thiol groups is 1. The Labute approximate surface area is 86.7 Å². The van der Waals surface area contributed by atoms with E-state index in [0.29, 0.717) is 12.1 Å². The van der Waals surface area contributed by atoms with Gasteiger partial charge in [-0.25, -0.2) is 4.79 Å². The molecule has 0 N–H and O–H groups in total. The number of aromatic nitrogens is 1. The van der Waals surface area contributed by atoms with E-state index < -0.39 is 0 Å². The number of hydrogen-bond acceptors (Lipinski definition) is 3. The maximum Gasteiger partial charge on any atom is 0.419 e. The molecule has 4 heteroatoms. The summed E-state index contributed by atoms with van der Waals surface area (Å²) in [6.07, 6.45) is 0.868. The summed E-state index contributed by atoms with van der Waals surface area (Å²) in [5.74, 6) is 0.486. The Bertz CT molecular complexity index is 486. The molecule has 0 aliphatic carbocycles. The van der Waals surface area contributed by atoms with Crippen molar-refractivity contribution in [1.82, 2.24) is 4.57 Å². The fourth-order valence-electron chi connectivity index (χ4n) is 1.45. The molecule has 14 heavy (non-hydrogen) atoms. The Kier molecular flexibility index (Phi) is 2.63. The molecule has 0 radical (unpaired) electrons. The lowest BCUT2D eigenvalue weighted by molar-refractivity contribution is 0.503. The molecular weight excluding hydrogens is 198 g/mol. The van der Waals surface area contributed by atoms with E-state index in [1.165, 1.54) is 0 Å². The van der Waals surface area contributed by atoms with Crippen molar-refractivity contribution in [3.05, 3.63) is 34.8 Å². The van der Waals surface area contributed by atoms with Crippen molar-refractivity contribution in [2.45, 2.75) is 13.0 Å². The van der Waals surface area contributed by atoms with E-state index in [9.17, 15) is 4.79 Å². The van der Waals surface area contributed by atoms with Crippen molar-refractivity contribution in [2.75, 3.05) is 5.75 Å². The van der Waals surface area contributed by atoms with Crippen molar-refractivity contribution in [3.8, 4) is 0 Å². The van der Waals surface area contributed by atoms with Crippen molar-refractivity contribution in [3.63, 3.8) is 0 Å². The first-order chi connectivity index (χ1) is 6.83. The second-order valence-electron chi connectivity index (χ2n) is 3.06. The fraction of sp³-hybridized carbons (Fsp3) is 0.300. The minimum atomic E-state index is -0.284. The molecule has 0 bridgehead atoms. The predicted molar refractivity (Wildman–Crippen MR) is 58.9 cm³/mol. The molecule has 2 rings (SSSR count). The van der Waals surface area contributed by atoms with E-state index in [-0.39, 0.29) is 5.76 Å². The van der Waals surface area contributed by atoms with Gasteiger partial charge in [-0.2, -0.15) is 12.6 Å². The van der Waals surface area contributed by atoms with E-state index in [2.05, 4.69) is 12.6 Å². The number of oxazole rings is 1. The Morgan fingerprint density at radius 3 is 2.93 bits per heavy atom. The lowest BCUT2D eigenvalue weighted by Gasteiger charge is -1.98. The summed E-state index contributed by atoms with van der Waals surface area (Å²) in [6.45, 7) is 0.666. The van der Waals surface area contributed by atoms with Crippen LogP contribution in [0.15, 0.2) is 33.5 Å². The van der Waals surface area contributed by atoms with E-state index in [1.807, 2.05) is 18.2 Å². The molecule has 0 atom stereocenters. The third-order valence-electron chi connectivity index (χ3n) is 2.11. The highest BCUT2D eigenvalue weighted by Gasteiger charge is 2.06. The van der Waals surface area contributed by atoms with Crippen LogP contribution in [-0.4, -0.2) is 10.3 Å². The average molecular weight is 209 g/mol. The zero-order valence-electron chi connectivity index (χ0n) is 7.64. The van der Waals surface area contributed by atoms with Crippen LogP contribution in [0, 0.1) is 0 Å². The van der Waals surface area contributed by atoms with Gasteiger partial charge in [0.15, 0.2) is 5.58 Å². The van der Waals surface area contributed by atoms with Crippen LogP contribution >= 0.6 is 12.6 Å². The molecule has 0 spiro atoms. The highest BCUT2D eigenvalue weighted by atomic mass is 32.1. The Balaban J connectivity index is 2.51. The molecule has 0 amide bonds. The molecule has 0 aliphatic rings. The van der Waals surface area contributed by atoms with Crippen LogP contribution in [0.25, 0.3) is 11.1 Å². The van der Waals surface area contributed by atoms with Gasteiger partial charge in [0.2, 0.25) is 0 Å². The lowest BCUT2D eigenvalue weighted by Crippen LogP contribution is -2.14. The number of rotatable bonds is 3. The van der Waals surface area contributed by atoms with Crippen LogP contribution in [0.5, 0.6) is 0 Å². The van der Waals surface area contributed by atoms with Gasteiger partial charge in [-0.05, 0) is 24.3 Å². The molecule has 0 fully saturated rings.